The molecule has 2 aliphatic carbocycles. The average Bonchev–Trinajstić information content (AvgIpc) is 1.57. The summed E-state index contributed by atoms with van der Waals surface area (Å²) < 4.78 is 15.9. The lowest BCUT2D eigenvalue weighted by molar-refractivity contribution is 0.0395. The molecule has 11 rings (SSSR count). The molecule has 2 aromatic carbocycles. The van der Waals surface area contributed by atoms with Crippen LogP contribution >= 0.6 is 103 Å². The zero-order valence-corrected chi connectivity index (χ0v) is 83.0. The van der Waals surface area contributed by atoms with Crippen molar-refractivity contribution in [2.45, 2.75) is 399 Å². The van der Waals surface area contributed by atoms with Gasteiger partial charge in [-0.2, -0.15) is 20.2 Å². The molecule has 0 saturated heterocycles. The molecule has 0 N–H and O–H groups in total. The molecule has 4 aliphatic rings. The highest BCUT2D eigenvalue weighted by Gasteiger charge is 2.47. The molecular formula is C108H136Cl4N4O4S5. The molecule has 0 atom stereocenters. The number of benzene rings is 2. The van der Waals surface area contributed by atoms with Crippen LogP contribution in [0.4, 0.5) is 0 Å². The smallest absolute Gasteiger partial charge is 0.481 e. The maximum absolute atomic E-state index is 14.9. The van der Waals surface area contributed by atoms with Gasteiger partial charge in [-0.25, -0.2) is 0 Å². The van der Waals surface area contributed by atoms with Gasteiger partial charge in [0.25, 0.3) is 0 Å². The largest absolute Gasteiger partial charge is 0.528 e. The van der Waals surface area contributed by atoms with Gasteiger partial charge in [-0.3, -0.25) is 9.59 Å². The van der Waals surface area contributed by atoms with E-state index in [9.17, 15) is 20.1 Å². The van der Waals surface area contributed by atoms with Gasteiger partial charge in [-0.05, 0) is 160 Å². The Hall–Kier alpha value is -6.04. The lowest BCUT2D eigenvalue weighted by Crippen LogP contribution is -2.35. The van der Waals surface area contributed by atoms with Crippen molar-refractivity contribution in [2.75, 3.05) is 0 Å². The van der Waals surface area contributed by atoms with E-state index in [1.807, 2.05) is 46.2 Å². The number of rotatable bonds is 58. The fourth-order valence-corrected chi connectivity index (χ4v) is 26.6. The molecule has 0 amide bonds. The number of carbonyl (C=O) groups excluding carboxylic acids is 2. The lowest BCUT2D eigenvalue weighted by Gasteiger charge is -2.38. The number of fused-ring (bicyclic) bond motifs is 8. The quantitative estimate of drug-likeness (QED) is 0.0163. The summed E-state index contributed by atoms with van der Waals surface area (Å²) in [7, 11) is 0. The van der Waals surface area contributed by atoms with Crippen LogP contribution in [0.2, 0.25) is 20.1 Å². The van der Waals surface area contributed by atoms with E-state index in [0.29, 0.717) is 22.3 Å². The van der Waals surface area contributed by atoms with Gasteiger partial charge >= 0.3 is 5.82 Å². The molecule has 0 spiro atoms. The predicted molar refractivity (Wildman–Crippen MR) is 540 cm³/mol. The molecule has 0 saturated carbocycles. The number of nitrogens with zero attached hydrogens (tertiary/aromatic N) is 4. The number of hydrogen-bond donors (Lipinski definition) is 0. The van der Waals surface area contributed by atoms with Crippen molar-refractivity contribution in [3.8, 4) is 62.7 Å². The third kappa shape index (κ3) is 25.8. The zero-order valence-electron chi connectivity index (χ0n) is 75.9. The number of unbranched alkanes of at least 4 members (excludes halogenated alkanes) is 42. The van der Waals surface area contributed by atoms with Crippen LogP contribution in [0.1, 0.15) is 439 Å². The molecule has 7 heterocycles. The van der Waals surface area contributed by atoms with E-state index >= 15 is 0 Å². The van der Waals surface area contributed by atoms with Crippen LogP contribution in [0.5, 0.6) is 11.5 Å². The summed E-state index contributed by atoms with van der Waals surface area (Å²) in [6, 6.07) is 20.1. The molecule has 670 valence electrons. The van der Waals surface area contributed by atoms with E-state index in [1.54, 1.807) is 46.9 Å². The molecule has 0 radical (unpaired) electrons. The van der Waals surface area contributed by atoms with Gasteiger partial charge in [0, 0.05) is 68.2 Å². The fourth-order valence-electron chi connectivity index (χ4n) is 19.4. The number of hydrogen-bond acceptors (Lipinski definition) is 11. The molecule has 125 heavy (non-hydrogen) atoms. The number of halogens is 4. The van der Waals surface area contributed by atoms with Gasteiger partial charge < -0.3 is 9.47 Å². The molecule has 8 nitrogen and oxygen atoms in total. The second kappa shape index (κ2) is 51.5. The maximum Gasteiger partial charge on any atom is 0.528 e. The van der Waals surface area contributed by atoms with Gasteiger partial charge in [-0.15, -0.1) is 56.7 Å². The minimum absolute atomic E-state index is 0.156. The van der Waals surface area contributed by atoms with Crippen molar-refractivity contribution in [3.63, 3.8) is 0 Å². The van der Waals surface area contributed by atoms with Crippen molar-refractivity contribution in [1.82, 2.24) is 0 Å². The topological polar surface area (TPSA) is 109 Å². The zero-order chi connectivity index (χ0) is 88.5. The second-order valence-corrected chi connectivity index (χ2v) is 42.9. The lowest BCUT2D eigenvalue weighted by atomic mass is 9.81. The molecule has 0 unspecified atom stereocenters. The van der Waals surface area contributed by atoms with Crippen LogP contribution in [0.3, 0.4) is 0 Å². The van der Waals surface area contributed by atoms with Crippen LogP contribution in [0.25, 0.3) is 72.0 Å². The maximum atomic E-state index is 14.9. The first kappa shape index (κ1) is 99.5. The summed E-state index contributed by atoms with van der Waals surface area (Å²) in [6.07, 6.45) is 67.9. The van der Waals surface area contributed by atoms with Crippen LogP contribution in [-0.2, 0) is 24.0 Å². The Morgan fingerprint density at radius 3 is 0.936 bits per heavy atom. The summed E-state index contributed by atoms with van der Waals surface area (Å²) in [5.41, 5.74) is 6.76. The van der Waals surface area contributed by atoms with Gasteiger partial charge in [-0.1, -0.05) is 358 Å². The summed E-state index contributed by atoms with van der Waals surface area (Å²) in [5, 5.41) is 22.1. The number of ketones is 2. The molecule has 0 fully saturated rings. The Balaban J connectivity index is 1.09. The van der Waals surface area contributed by atoms with Crippen LogP contribution in [-0.4, -0.2) is 11.6 Å². The van der Waals surface area contributed by atoms with Gasteiger partial charge in [0.05, 0.1) is 45.2 Å². The van der Waals surface area contributed by atoms with Crippen molar-refractivity contribution >= 4 is 138 Å². The van der Waals surface area contributed by atoms with Crippen molar-refractivity contribution in [2.24, 2.45) is 0 Å². The highest BCUT2D eigenvalue weighted by Crippen LogP contribution is 2.63. The number of ether oxygens (including phenoxy) is 2. The van der Waals surface area contributed by atoms with Gasteiger partial charge in [0.15, 0.2) is 11.6 Å². The minimum Gasteiger partial charge on any atom is -0.481 e. The van der Waals surface area contributed by atoms with E-state index in [-0.39, 0.29) is 65.3 Å². The molecule has 7 aromatic rings. The molecule has 5 aromatic heterocycles. The summed E-state index contributed by atoms with van der Waals surface area (Å²) in [4.78, 5) is 48.6. The normalized spacial score (nSPS) is 14.5. The first-order valence-corrected chi connectivity index (χ1v) is 54.3. The third-order valence-corrected chi connectivity index (χ3v) is 34.2. The Morgan fingerprint density at radius 2 is 0.632 bits per heavy atom. The number of allylic oxidation sites excluding steroid dienone is 5. The van der Waals surface area contributed by atoms with E-state index in [1.165, 1.54) is 270 Å². The second-order valence-electron chi connectivity index (χ2n) is 35.9. The van der Waals surface area contributed by atoms with E-state index in [4.69, 9.17) is 69.0 Å². The summed E-state index contributed by atoms with van der Waals surface area (Å²) >= 11 is 35.8. The SMILES string of the molecule is [C-]#[N+]C([N+]#[C-])=C1/C(=C/c2cc3c(s2)-c2sc(-c4sc(-c5cc6c(s5)-c5sc(/C=C7\C(=O)c8cc(Cl)c(Cl)cc8C7=C(C#N)C#N)cc5OC6(CCCCCCCCCCCC)CCCCCCCCCCCC)c(CCCCCC)c4CCCCCC)cc2C(CCCCCCCCCCCC)(CCCCCCCCCCCC)O3)C(=O)c2cc(Cl)c(Cl)cc21. The molecule has 17 heteroatoms. The number of thiophene rings is 5. The third-order valence-electron chi connectivity index (χ3n) is 26.4. The van der Waals surface area contributed by atoms with Crippen molar-refractivity contribution < 1.29 is 19.1 Å². The van der Waals surface area contributed by atoms with Crippen molar-refractivity contribution in [1.29, 1.82) is 10.5 Å². The Labute approximate surface area is 791 Å². The van der Waals surface area contributed by atoms with Crippen LogP contribution in [0.15, 0.2) is 71.1 Å². The monoisotopic (exact) mass is 1850 g/mol. The first-order chi connectivity index (χ1) is 61.1. The summed E-state index contributed by atoms with van der Waals surface area (Å²) in [6.45, 7) is 30.3. The van der Waals surface area contributed by atoms with E-state index in [0.717, 1.165) is 159 Å². The fraction of sp³-hybridized carbons (Fsp3) is 0.574. The van der Waals surface area contributed by atoms with Crippen molar-refractivity contribution in [3.05, 3.63) is 168 Å². The van der Waals surface area contributed by atoms with Crippen LogP contribution in [0, 0.1) is 35.8 Å². The first-order valence-electron chi connectivity index (χ1n) is 48.8. The van der Waals surface area contributed by atoms with E-state index in [2.05, 4.69) is 87.6 Å². The number of carbonyl (C=O) groups is 2. The van der Waals surface area contributed by atoms with E-state index < -0.39 is 11.2 Å². The molecular weight excluding hydrogens is 1720 g/mol. The Kier molecular flexibility index (Phi) is 41.0. The molecule has 0 bridgehead atoms. The summed E-state index contributed by atoms with van der Waals surface area (Å²) in [5.74, 6) is 0.873. The Morgan fingerprint density at radius 1 is 0.352 bits per heavy atom. The Bertz CT molecular complexity index is 4670. The molecule has 2 aliphatic heterocycles. The number of nitriles is 2. The standard InChI is InChI=1S/C108H136Cl4N4O4S5/c1-9-15-21-27-31-35-39-43-47-53-59-107(60-54-48-44-40-36-32-28-22-16-10-2)86-71-94(123-102(86)104-92(119-107)65-76(121-104)63-84-96(75(73-113)74-114)80-67-88(109)90(111)69-82(80)98(84)117)100-78(57-51-25-19-13-5)79(58-52-26-20-14-6)101(125-100)95-72-87-103(124-95)105-93(66-77(122-105)64-85-97(106(115-7)116-8)81-68-89(110)91(112)70-83(81)99(85)118)120-108(87,61-55-49-45-41-37-33-29-23-17-11-3)62-56-50-46-42-38-34-30-24-18-12-4/h63-72H,9-62H2,1-6H3/b84-63-,85-64-. The minimum atomic E-state index is -0.629. The number of Topliss-reactive ketones (excluding diaryl/α,β-unsaturated/α-hetero) is 2. The average molecular weight is 1860 g/mol. The highest BCUT2D eigenvalue weighted by molar-refractivity contribution is 7.30. The predicted octanol–water partition coefficient (Wildman–Crippen LogP) is 38.8. The van der Waals surface area contributed by atoms with Gasteiger partial charge in [0.1, 0.15) is 53.6 Å². The highest BCUT2D eigenvalue weighted by atomic mass is 35.5. The van der Waals surface area contributed by atoms with Gasteiger partial charge in [0.2, 0.25) is 0 Å². The van der Waals surface area contributed by atoms with Crippen LogP contribution < -0.4 is 9.47 Å².